The standard InChI is InChI=1S/C17H22N4O.ClH/c1-12-6-13(2)21(20-12)11-14-4-3-5-16(7-14)17(22)19-10-15-8-18-9-15;/h3-7,15,18H,8-11H2,1-2H3,(H,19,22);1H. The molecule has 0 radical (unpaired) electrons. The normalized spacial score (nSPS) is 14.0. The molecule has 1 saturated heterocycles. The molecule has 0 atom stereocenters. The summed E-state index contributed by atoms with van der Waals surface area (Å²) in [5.74, 6) is 0.573. The Hall–Kier alpha value is -1.85. The van der Waals surface area contributed by atoms with Crippen molar-refractivity contribution in [3.05, 3.63) is 52.8 Å². The SMILES string of the molecule is Cc1cc(C)n(Cc2cccc(C(=O)NCC3CNC3)c2)n1.Cl. The summed E-state index contributed by atoms with van der Waals surface area (Å²) in [6.07, 6.45) is 0. The van der Waals surface area contributed by atoms with E-state index in [9.17, 15) is 4.79 Å². The minimum atomic E-state index is 0. The van der Waals surface area contributed by atoms with Crippen molar-refractivity contribution in [2.75, 3.05) is 19.6 Å². The summed E-state index contributed by atoms with van der Waals surface area (Å²) in [4.78, 5) is 12.2. The highest BCUT2D eigenvalue weighted by molar-refractivity contribution is 5.94. The van der Waals surface area contributed by atoms with Gasteiger partial charge in [-0.25, -0.2) is 0 Å². The minimum Gasteiger partial charge on any atom is -0.352 e. The number of amides is 1. The van der Waals surface area contributed by atoms with Gasteiger partial charge in [-0.05, 0) is 37.6 Å². The van der Waals surface area contributed by atoms with Gasteiger partial charge >= 0.3 is 0 Å². The van der Waals surface area contributed by atoms with Crippen LogP contribution in [0.2, 0.25) is 0 Å². The molecule has 2 aromatic rings. The number of hydrogen-bond acceptors (Lipinski definition) is 3. The Morgan fingerprint density at radius 1 is 1.35 bits per heavy atom. The first-order valence-corrected chi connectivity index (χ1v) is 7.71. The third kappa shape index (κ3) is 4.33. The summed E-state index contributed by atoms with van der Waals surface area (Å²) < 4.78 is 1.96. The Morgan fingerprint density at radius 3 is 2.74 bits per heavy atom. The molecule has 5 nitrogen and oxygen atoms in total. The third-order valence-corrected chi connectivity index (χ3v) is 4.04. The van der Waals surface area contributed by atoms with Crippen LogP contribution in [0.1, 0.15) is 27.3 Å². The fraction of sp³-hybridized carbons (Fsp3) is 0.412. The number of halogens is 1. The molecule has 3 rings (SSSR count). The molecule has 0 aliphatic carbocycles. The second-order valence-corrected chi connectivity index (χ2v) is 6.02. The quantitative estimate of drug-likeness (QED) is 0.878. The van der Waals surface area contributed by atoms with Crippen LogP contribution in [-0.2, 0) is 6.54 Å². The smallest absolute Gasteiger partial charge is 0.251 e. The van der Waals surface area contributed by atoms with Crippen LogP contribution in [0.25, 0.3) is 0 Å². The zero-order valence-electron chi connectivity index (χ0n) is 13.5. The van der Waals surface area contributed by atoms with Crippen LogP contribution in [-0.4, -0.2) is 35.3 Å². The van der Waals surface area contributed by atoms with E-state index in [1.165, 1.54) is 0 Å². The van der Waals surface area contributed by atoms with Gasteiger partial charge in [0.15, 0.2) is 0 Å². The maximum atomic E-state index is 12.2. The average Bonchev–Trinajstić information content (AvgIpc) is 2.75. The lowest BCUT2D eigenvalue weighted by Crippen LogP contribution is -2.48. The molecular formula is C17H23ClN4O. The predicted octanol–water partition coefficient (Wildman–Crippen LogP) is 1.92. The topological polar surface area (TPSA) is 59.0 Å². The molecule has 1 aromatic carbocycles. The monoisotopic (exact) mass is 334 g/mol. The minimum absolute atomic E-state index is 0. The highest BCUT2D eigenvalue weighted by Crippen LogP contribution is 2.10. The molecule has 2 heterocycles. The van der Waals surface area contributed by atoms with Gasteiger partial charge in [-0.15, -0.1) is 12.4 Å². The van der Waals surface area contributed by atoms with Gasteiger partial charge in [0.05, 0.1) is 12.2 Å². The van der Waals surface area contributed by atoms with Crippen LogP contribution >= 0.6 is 12.4 Å². The number of carbonyl (C=O) groups excluding carboxylic acids is 1. The first-order valence-electron chi connectivity index (χ1n) is 7.71. The van der Waals surface area contributed by atoms with Crippen molar-refractivity contribution in [2.45, 2.75) is 20.4 Å². The fourth-order valence-electron chi connectivity index (χ4n) is 2.65. The second kappa shape index (κ2) is 7.62. The van der Waals surface area contributed by atoms with Gasteiger partial charge in [-0.1, -0.05) is 12.1 Å². The van der Waals surface area contributed by atoms with Gasteiger partial charge in [0.25, 0.3) is 5.91 Å². The number of hydrogen-bond donors (Lipinski definition) is 2. The largest absolute Gasteiger partial charge is 0.352 e. The van der Waals surface area contributed by atoms with Crippen LogP contribution < -0.4 is 10.6 Å². The molecule has 6 heteroatoms. The van der Waals surface area contributed by atoms with Gasteiger partial charge in [-0.2, -0.15) is 5.10 Å². The Bertz CT molecular complexity index is 679. The molecule has 0 spiro atoms. The van der Waals surface area contributed by atoms with Gasteiger partial charge in [0.1, 0.15) is 0 Å². The maximum absolute atomic E-state index is 12.2. The zero-order chi connectivity index (χ0) is 15.5. The van der Waals surface area contributed by atoms with E-state index in [1.807, 2.05) is 42.8 Å². The van der Waals surface area contributed by atoms with Gasteiger partial charge in [0, 0.05) is 36.8 Å². The van der Waals surface area contributed by atoms with Crippen molar-refractivity contribution in [3.63, 3.8) is 0 Å². The second-order valence-electron chi connectivity index (χ2n) is 6.02. The van der Waals surface area contributed by atoms with Crippen LogP contribution in [0, 0.1) is 19.8 Å². The summed E-state index contributed by atoms with van der Waals surface area (Å²) in [7, 11) is 0. The van der Waals surface area contributed by atoms with E-state index in [4.69, 9.17) is 0 Å². The first kappa shape index (κ1) is 17.5. The number of aryl methyl sites for hydroxylation is 2. The summed E-state index contributed by atoms with van der Waals surface area (Å²) in [6, 6.07) is 9.83. The van der Waals surface area contributed by atoms with E-state index in [0.717, 1.165) is 36.6 Å². The zero-order valence-corrected chi connectivity index (χ0v) is 14.3. The summed E-state index contributed by atoms with van der Waals surface area (Å²) in [5, 5.41) is 10.7. The third-order valence-electron chi connectivity index (χ3n) is 4.04. The van der Waals surface area contributed by atoms with Gasteiger partial charge in [-0.3, -0.25) is 9.48 Å². The lowest BCUT2D eigenvalue weighted by atomic mass is 10.0. The van der Waals surface area contributed by atoms with E-state index in [-0.39, 0.29) is 18.3 Å². The highest BCUT2D eigenvalue weighted by atomic mass is 35.5. The maximum Gasteiger partial charge on any atom is 0.251 e. The summed E-state index contributed by atoms with van der Waals surface area (Å²) >= 11 is 0. The lowest BCUT2D eigenvalue weighted by Gasteiger charge is -2.27. The predicted molar refractivity (Wildman–Crippen MR) is 93.2 cm³/mol. The number of benzene rings is 1. The van der Waals surface area contributed by atoms with E-state index in [2.05, 4.69) is 21.8 Å². The van der Waals surface area contributed by atoms with Crippen molar-refractivity contribution < 1.29 is 4.79 Å². The van der Waals surface area contributed by atoms with Crippen LogP contribution in [0.4, 0.5) is 0 Å². The fourth-order valence-corrected chi connectivity index (χ4v) is 2.65. The summed E-state index contributed by atoms with van der Waals surface area (Å²) in [5.41, 5.74) is 3.95. The van der Waals surface area contributed by atoms with E-state index in [1.54, 1.807) is 0 Å². The Kier molecular flexibility index (Phi) is 5.80. The number of aromatic nitrogens is 2. The number of nitrogens with one attached hydrogen (secondary N) is 2. The molecule has 0 bridgehead atoms. The molecule has 1 aromatic heterocycles. The Balaban J connectivity index is 0.00000192. The Morgan fingerprint density at radius 2 is 2.13 bits per heavy atom. The van der Waals surface area contributed by atoms with Crippen LogP contribution in [0.15, 0.2) is 30.3 Å². The molecule has 23 heavy (non-hydrogen) atoms. The lowest BCUT2D eigenvalue weighted by molar-refractivity contribution is 0.0942. The summed E-state index contributed by atoms with van der Waals surface area (Å²) in [6.45, 7) is 7.46. The molecule has 1 aliphatic heterocycles. The van der Waals surface area contributed by atoms with Crippen molar-refractivity contribution >= 4 is 18.3 Å². The molecule has 1 amide bonds. The number of rotatable bonds is 5. The number of nitrogens with zero attached hydrogens (tertiary/aromatic N) is 2. The molecule has 1 aliphatic rings. The van der Waals surface area contributed by atoms with E-state index < -0.39 is 0 Å². The van der Waals surface area contributed by atoms with Crippen molar-refractivity contribution in [3.8, 4) is 0 Å². The number of carbonyl (C=O) groups is 1. The molecular weight excluding hydrogens is 312 g/mol. The molecule has 1 fully saturated rings. The van der Waals surface area contributed by atoms with Crippen LogP contribution in [0.5, 0.6) is 0 Å². The van der Waals surface area contributed by atoms with E-state index in [0.29, 0.717) is 18.0 Å². The molecule has 0 saturated carbocycles. The van der Waals surface area contributed by atoms with Crippen LogP contribution in [0.3, 0.4) is 0 Å². The molecule has 124 valence electrons. The van der Waals surface area contributed by atoms with Gasteiger partial charge in [0.2, 0.25) is 0 Å². The Labute approximate surface area is 142 Å². The van der Waals surface area contributed by atoms with Gasteiger partial charge < -0.3 is 10.6 Å². The first-order chi connectivity index (χ1) is 10.6. The highest BCUT2D eigenvalue weighted by Gasteiger charge is 2.17. The van der Waals surface area contributed by atoms with Crippen molar-refractivity contribution in [2.24, 2.45) is 5.92 Å². The average molecular weight is 335 g/mol. The molecule has 0 unspecified atom stereocenters. The molecule has 2 N–H and O–H groups in total. The van der Waals surface area contributed by atoms with E-state index >= 15 is 0 Å². The van der Waals surface area contributed by atoms with Crippen molar-refractivity contribution in [1.82, 2.24) is 20.4 Å². The van der Waals surface area contributed by atoms with Crippen molar-refractivity contribution in [1.29, 1.82) is 0 Å².